The van der Waals surface area contributed by atoms with Crippen molar-refractivity contribution in [2.24, 2.45) is 0 Å². The van der Waals surface area contributed by atoms with Crippen LogP contribution in [0.5, 0.6) is 0 Å². The van der Waals surface area contributed by atoms with Crippen LogP contribution in [0.25, 0.3) is 5.65 Å². The third-order valence-corrected chi connectivity index (χ3v) is 6.76. The van der Waals surface area contributed by atoms with E-state index in [4.69, 9.17) is 0 Å². The van der Waals surface area contributed by atoms with Crippen LogP contribution in [0.15, 0.2) is 76.9 Å². The van der Waals surface area contributed by atoms with Crippen molar-refractivity contribution in [3.8, 4) is 0 Å². The van der Waals surface area contributed by atoms with Crippen molar-refractivity contribution in [2.45, 2.75) is 28.7 Å². The minimum atomic E-state index is -4.71. The third kappa shape index (κ3) is 5.17. The van der Waals surface area contributed by atoms with E-state index in [0.717, 1.165) is 59.4 Å². The zero-order valence-corrected chi connectivity index (χ0v) is 18.6. The summed E-state index contributed by atoms with van der Waals surface area (Å²) >= 11 is 0. The second kappa shape index (κ2) is 8.93. The molecule has 14 heteroatoms. The minimum absolute atomic E-state index is 0.121. The quantitative estimate of drug-likeness (QED) is 0.385. The van der Waals surface area contributed by atoms with Crippen molar-refractivity contribution in [1.82, 2.24) is 19.7 Å². The molecule has 1 amide bonds. The average molecular weight is 528 g/mol. The molecule has 0 fully saturated rings. The number of nitrogens with zero attached hydrogens (tertiary/aromatic N) is 3. The van der Waals surface area contributed by atoms with Gasteiger partial charge in [-0.15, -0.1) is 0 Å². The summed E-state index contributed by atoms with van der Waals surface area (Å²) < 4.78 is 104. The molecular weight excluding hydrogens is 514 g/mol. The summed E-state index contributed by atoms with van der Waals surface area (Å²) in [6, 6.07) is 7.64. The van der Waals surface area contributed by atoms with E-state index in [-0.39, 0.29) is 28.5 Å². The first-order valence-corrected chi connectivity index (χ1v) is 11.4. The second-order valence-corrected chi connectivity index (χ2v) is 9.45. The molecular formula is C22H14F6N4O3S. The molecule has 3 heterocycles. The number of hydrogen-bond acceptors (Lipinski definition) is 5. The number of hydrogen-bond donors (Lipinski definition) is 1. The number of benzene rings is 1. The number of pyridine rings is 2. The van der Waals surface area contributed by atoms with E-state index in [1.54, 1.807) is 0 Å². The summed E-state index contributed by atoms with van der Waals surface area (Å²) in [6.45, 7) is -0.176. The van der Waals surface area contributed by atoms with Crippen molar-refractivity contribution < 1.29 is 39.6 Å². The highest BCUT2D eigenvalue weighted by atomic mass is 32.2. The minimum Gasteiger partial charge on any atom is -0.345 e. The fourth-order valence-corrected chi connectivity index (χ4v) is 4.43. The van der Waals surface area contributed by atoms with Gasteiger partial charge in [-0.25, -0.2) is 13.4 Å². The maximum absolute atomic E-state index is 12.9. The van der Waals surface area contributed by atoms with Crippen LogP contribution < -0.4 is 5.32 Å². The maximum atomic E-state index is 12.9. The Hall–Kier alpha value is -3.94. The van der Waals surface area contributed by atoms with E-state index < -0.39 is 44.1 Å². The van der Waals surface area contributed by atoms with Gasteiger partial charge >= 0.3 is 12.4 Å². The van der Waals surface area contributed by atoms with Crippen LogP contribution in [-0.2, 0) is 28.7 Å². The molecule has 7 nitrogen and oxygen atoms in total. The van der Waals surface area contributed by atoms with Gasteiger partial charge in [-0.3, -0.25) is 9.78 Å². The number of amides is 1. The van der Waals surface area contributed by atoms with E-state index in [2.05, 4.69) is 15.3 Å². The monoisotopic (exact) mass is 528 g/mol. The molecule has 36 heavy (non-hydrogen) atoms. The topological polar surface area (TPSA) is 93.4 Å². The van der Waals surface area contributed by atoms with Crippen molar-refractivity contribution in [2.75, 3.05) is 0 Å². The molecule has 1 N–H and O–H groups in total. The highest BCUT2D eigenvalue weighted by Crippen LogP contribution is 2.32. The number of carbonyl (C=O) groups excluding carboxylic acids is 1. The number of imidazole rings is 1. The number of nitrogens with one attached hydrogen (secondary N) is 1. The standard InChI is InChI=1S/C22H14F6N4O3S/c23-21(24,25)13-2-1-3-16(8-13)36(34,35)17-6-5-15(29-10-17)9-30-20(33)18-12-32-11-14(22(26,27)28)4-7-19(32)31-18/h1-8,10-12H,9H2,(H,30,33). The molecule has 0 aliphatic heterocycles. The van der Waals surface area contributed by atoms with Gasteiger partial charge in [0, 0.05) is 18.6 Å². The first kappa shape index (κ1) is 25.2. The van der Waals surface area contributed by atoms with Crippen LogP contribution in [0, 0.1) is 0 Å². The maximum Gasteiger partial charge on any atom is 0.417 e. The molecule has 4 aromatic rings. The number of fused-ring (bicyclic) bond motifs is 1. The number of aromatic nitrogens is 3. The Morgan fingerprint density at radius 3 is 2.25 bits per heavy atom. The number of rotatable bonds is 5. The Bertz CT molecular complexity index is 1540. The molecule has 0 saturated carbocycles. The zero-order valence-electron chi connectivity index (χ0n) is 17.8. The summed E-state index contributed by atoms with van der Waals surface area (Å²) in [7, 11) is -4.28. The van der Waals surface area contributed by atoms with Gasteiger partial charge in [0.15, 0.2) is 0 Å². The number of halogens is 6. The molecule has 0 saturated heterocycles. The summed E-state index contributed by atoms with van der Waals surface area (Å²) in [4.78, 5) is 19.3. The van der Waals surface area contributed by atoms with Crippen LogP contribution in [0.1, 0.15) is 27.3 Å². The van der Waals surface area contributed by atoms with Gasteiger partial charge in [0.2, 0.25) is 9.84 Å². The van der Waals surface area contributed by atoms with E-state index >= 15 is 0 Å². The Balaban J connectivity index is 1.46. The van der Waals surface area contributed by atoms with Crippen LogP contribution in [0.2, 0.25) is 0 Å². The second-order valence-electron chi connectivity index (χ2n) is 7.50. The van der Waals surface area contributed by atoms with Crippen molar-refractivity contribution >= 4 is 21.4 Å². The van der Waals surface area contributed by atoms with Gasteiger partial charge in [-0.1, -0.05) is 6.07 Å². The van der Waals surface area contributed by atoms with Gasteiger partial charge < -0.3 is 9.72 Å². The van der Waals surface area contributed by atoms with Gasteiger partial charge in [0.1, 0.15) is 11.3 Å². The fraction of sp³-hybridized carbons (Fsp3) is 0.136. The van der Waals surface area contributed by atoms with E-state index in [1.165, 1.54) is 6.07 Å². The van der Waals surface area contributed by atoms with Crippen LogP contribution in [0.4, 0.5) is 26.3 Å². The summed E-state index contributed by atoms with van der Waals surface area (Å²) in [5, 5.41) is 2.46. The lowest BCUT2D eigenvalue weighted by Gasteiger charge is -2.10. The number of carbonyl (C=O) groups is 1. The SMILES string of the molecule is O=C(NCc1ccc(S(=O)(=O)c2cccc(C(F)(F)F)c2)cn1)c1cn2cc(C(F)(F)F)ccc2n1. The fourth-order valence-electron chi connectivity index (χ4n) is 3.18. The van der Waals surface area contributed by atoms with Gasteiger partial charge in [0.05, 0.1) is 33.2 Å². The van der Waals surface area contributed by atoms with E-state index in [0.29, 0.717) is 6.07 Å². The zero-order chi connectivity index (χ0) is 26.3. The van der Waals surface area contributed by atoms with Gasteiger partial charge in [0.25, 0.3) is 5.91 Å². The Kier molecular flexibility index (Phi) is 6.24. The summed E-state index contributed by atoms with van der Waals surface area (Å²) in [5.41, 5.74) is -1.84. The first-order chi connectivity index (χ1) is 16.7. The lowest BCUT2D eigenvalue weighted by atomic mass is 10.2. The molecule has 188 valence electrons. The lowest BCUT2D eigenvalue weighted by Crippen LogP contribution is -2.23. The Labute approximate surface area is 199 Å². The van der Waals surface area contributed by atoms with E-state index in [1.807, 2.05) is 0 Å². The summed E-state index contributed by atoms with van der Waals surface area (Å²) in [6.07, 6.45) is -6.41. The molecule has 0 spiro atoms. The molecule has 4 rings (SSSR count). The highest BCUT2D eigenvalue weighted by Gasteiger charge is 2.32. The molecule has 3 aromatic heterocycles. The predicted octanol–water partition coefficient (Wildman–Crippen LogP) is 4.53. The molecule has 0 radical (unpaired) electrons. The van der Waals surface area contributed by atoms with Crippen molar-refractivity contribution in [3.63, 3.8) is 0 Å². The largest absolute Gasteiger partial charge is 0.417 e. The third-order valence-electron chi connectivity index (χ3n) is 5.02. The molecule has 0 aliphatic rings. The molecule has 0 aliphatic carbocycles. The lowest BCUT2D eigenvalue weighted by molar-refractivity contribution is -0.138. The first-order valence-electron chi connectivity index (χ1n) is 9.96. The molecule has 0 unspecified atom stereocenters. The predicted molar refractivity (Wildman–Crippen MR) is 112 cm³/mol. The summed E-state index contributed by atoms with van der Waals surface area (Å²) in [5.74, 6) is -0.713. The molecule has 1 aromatic carbocycles. The van der Waals surface area contributed by atoms with E-state index in [9.17, 15) is 39.6 Å². The Morgan fingerprint density at radius 1 is 0.889 bits per heavy atom. The van der Waals surface area contributed by atoms with Gasteiger partial charge in [-0.2, -0.15) is 26.3 Å². The average Bonchev–Trinajstić information content (AvgIpc) is 3.25. The van der Waals surface area contributed by atoms with Crippen molar-refractivity contribution in [1.29, 1.82) is 0 Å². The van der Waals surface area contributed by atoms with Crippen LogP contribution in [0.3, 0.4) is 0 Å². The van der Waals surface area contributed by atoms with Crippen LogP contribution in [-0.4, -0.2) is 28.7 Å². The highest BCUT2D eigenvalue weighted by molar-refractivity contribution is 7.91. The smallest absolute Gasteiger partial charge is 0.345 e. The van der Waals surface area contributed by atoms with Crippen molar-refractivity contribution in [3.05, 3.63) is 89.6 Å². The molecule has 0 bridgehead atoms. The normalized spacial score (nSPS) is 12.6. The van der Waals surface area contributed by atoms with Crippen LogP contribution >= 0.6 is 0 Å². The Morgan fingerprint density at radius 2 is 1.61 bits per heavy atom. The number of alkyl halides is 6. The number of sulfone groups is 1. The van der Waals surface area contributed by atoms with Gasteiger partial charge in [-0.05, 0) is 42.5 Å². The molecule has 0 atom stereocenters.